The van der Waals surface area contributed by atoms with Gasteiger partial charge in [-0.25, -0.2) is 9.97 Å². The molecule has 1 amide bonds. The fraction of sp³-hybridized carbons (Fsp3) is 0.105. The lowest BCUT2D eigenvalue weighted by Gasteiger charge is -2.02. The molecule has 4 rings (SSSR count). The summed E-state index contributed by atoms with van der Waals surface area (Å²) in [5.41, 5.74) is 1.40. The van der Waals surface area contributed by atoms with Crippen molar-refractivity contribution in [2.75, 3.05) is 5.32 Å². The predicted molar refractivity (Wildman–Crippen MR) is 103 cm³/mol. The third kappa shape index (κ3) is 3.74. The molecule has 0 bridgehead atoms. The average Bonchev–Trinajstić information content (AvgIpc) is 3.43. The van der Waals surface area contributed by atoms with E-state index in [2.05, 4.69) is 20.4 Å². The van der Waals surface area contributed by atoms with Gasteiger partial charge >= 0.3 is 0 Å². The molecule has 0 aliphatic carbocycles. The van der Waals surface area contributed by atoms with E-state index in [9.17, 15) is 9.59 Å². The maximum Gasteiger partial charge on any atom is 0.279 e. The lowest BCUT2D eigenvalue weighted by molar-refractivity contribution is 0.100. The number of nitrogens with one attached hydrogen (secondary N) is 1. The van der Waals surface area contributed by atoms with Gasteiger partial charge in [-0.15, -0.1) is 11.3 Å². The van der Waals surface area contributed by atoms with E-state index >= 15 is 0 Å². The first-order valence-electron chi connectivity index (χ1n) is 8.39. The molecule has 140 valence electrons. The molecule has 0 spiro atoms. The SMILES string of the molecule is CC(=O)c1csc(Cn2ccc(NC(=O)c3ncoc3-c3ccccc3)n2)n1. The van der Waals surface area contributed by atoms with Crippen LogP contribution in [0.15, 0.2) is 58.8 Å². The third-order valence-corrected chi connectivity index (χ3v) is 4.74. The fourth-order valence-corrected chi connectivity index (χ4v) is 3.40. The van der Waals surface area contributed by atoms with Crippen LogP contribution in [-0.4, -0.2) is 31.4 Å². The number of Topliss-reactive ketones (excluding diaryl/α,β-unsaturated/α-hetero) is 1. The minimum absolute atomic E-state index is 0.0715. The first-order valence-corrected chi connectivity index (χ1v) is 9.27. The molecular formula is C19H15N5O3S. The molecule has 9 heteroatoms. The molecule has 3 aromatic heterocycles. The van der Waals surface area contributed by atoms with Crippen molar-refractivity contribution in [3.8, 4) is 11.3 Å². The van der Waals surface area contributed by atoms with Crippen molar-refractivity contribution in [3.63, 3.8) is 0 Å². The first-order chi connectivity index (χ1) is 13.6. The van der Waals surface area contributed by atoms with E-state index in [-0.39, 0.29) is 11.5 Å². The van der Waals surface area contributed by atoms with Crippen LogP contribution in [-0.2, 0) is 6.54 Å². The number of benzene rings is 1. The van der Waals surface area contributed by atoms with Gasteiger partial charge in [0.05, 0.1) is 6.54 Å². The maximum absolute atomic E-state index is 12.6. The number of carbonyl (C=O) groups excluding carboxylic acids is 2. The molecule has 0 radical (unpaired) electrons. The zero-order chi connectivity index (χ0) is 19.5. The quantitative estimate of drug-likeness (QED) is 0.503. The van der Waals surface area contributed by atoms with Crippen molar-refractivity contribution in [3.05, 3.63) is 70.8 Å². The molecule has 0 aliphatic rings. The van der Waals surface area contributed by atoms with Crippen LogP contribution in [0.4, 0.5) is 5.82 Å². The lowest BCUT2D eigenvalue weighted by Crippen LogP contribution is -2.14. The van der Waals surface area contributed by atoms with Gasteiger partial charge in [0.25, 0.3) is 5.91 Å². The van der Waals surface area contributed by atoms with Crippen LogP contribution in [0.1, 0.15) is 32.9 Å². The highest BCUT2D eigenvalue weighted by Crippen LogP contribution is 2.23. The van der Waals surface area contributed by atoms with Crippen molar-refractivity contribution in [2.45, 2.75) is 13.5 Å². The van der Waals surface area contributed by atoms with Crippen molar-refractivity contribution in [1.29, 1.82) is 0 Å². The van der Waals surface area contributed by atoms with E-state index in [0.717, 1.165) is 10.6 Å². The Morgan fingerprint density at radius 2 is 2.04 bits per heavy atom. The largest absolute Gasteiger partial charge is 0.443 e. The van der Waals surface area contributed by atoms with Gasteiger partial charge in [0.2, 0.25) is 0 Å². The molecular weight excluding hydrogens is 378 g/mol. The summed E-state index contributed by atoms with van der Waals surface area (Å²) in [6, 6.07) is 11.0. The van der Waals surface area contributed by atoms with Gasteiger partial charge in [-0.1, -0.05) is 30.3 Å². The average molecular weight is 393 g/mol. The first kappa shape index (κ1) is 17.8. The Balaban J connectivity index is 1.46. The summed E-state index contributed by atoms with van der Waals surface area (Å²) >= 11 is 1.39. The number of rotatable bonds is 6. The number of thiazole rings is 1. The molecule has 28 heavy (non-hydrogen) atoms. The fourth-order valence-electron chi connectivity index (χ4n) is 2.58. The molecule has 0 saturated carbocycles. The normalized spacial score (nSPS) is 10.8. The minimum atomic E-state index is -0.411. The monoisotopic (exact) mass is 393 g/mol. The zero-order valence-corrected chi connectivity index (χ0v) is 15.6. The number of oxazole rings is 1. The van der Waals surface area contributed by atoms with Crippen LogP contribution < -0.4 is 5.32 Å². The van der Waals surface area contributed by atoms with Gasteiger partial charge in [-0.2, -0.15) is 5.10 Å². The molecule has 0 aliphatic heterocycles. The van der Waals surface area contributed by atoms with Gasteiger partial charge in [0, 0.05) is 30.1 Å². The zero-order valence-electron chi connectivity index (χ0n) is 14.8. The minimum Gasteiger partial charge on any atom is -0.443 e. The second kappa shape index (κ2) is 7.57. The van der Waals surface area contributed by atoms with Gasteiger partial charge in [-0.05, 0) is 0 Å². The van der Waals surface area contributed by atoms with Crippen LogP contribution >= 0.6 is 11.3 Å². The van der Waals surface area contributed by atoms with Crippen LogP contribution in [0.3, 0.4) is 0 Å². The van der Waals surface area contributed by atoms with Gasteiger partial charge < -0.3 is 9.73 Å². The number of hydrogen-bond acceptors (Lipinski definition) is 7. The molecule has 1 aromatic carbocycles. The molecule has 0 fully saturated rings. The van der Waals surface area contributed by atoms with Gasteiger partial charge in [0.15, 0.2) is 29.4 Å². The van der Waals surface area contributed by atoms with E-state index in [0.29, 0.717) is 23.8 Å². The molecule has 8 nitrogen and oxygen atoms in total. The van der Waals surface area contributed by atoms with E-state index in [4.69, 9.17) is 4.42 Å². The van der Waals surface area contributed by atoms with Crippen molar-refractivity contribution in [1.82, 2.24) is 19.7 Å². The van der Waals surface area contributed by atoms with E-state index in [1.54, 1.807) is 22.3 Å². The van der Waals surface area contributed by atoms with Crippen LogP contribution in [0, 0.1) is 0 Å². The smallest absolute Gasteiger partial charge is 0.279 e. The lowest BCUT2D eigenvalue weighted by atomic mass is 10.1. The number of ketones is 1. The molecule has 1 N–H and O–H groups in total. The summed E-state index contributed by atoms with van der Waals surface area (Å²) in [6.45, 7) is 1.89. The second-order valence-electron chi connectivity index (χ2n) is 5.93. The van der Waals surface area contributed by atoms with E-state index < -0.39 is 5.91 Å². The van der Waals surface area contributed by atoms with Crippen LogP contribution in [0.5, 0.6) is 0 Å². The van der Waals surface area contributed by atoms with E-state index in [1.807, 2.05) is 30.3 Å². The number of carbonyl (C=O) groups is 2. The standard InChI is InChI=1S/C19H15N5O3S/c1-12(25)14-10-28-16(21-14)9-24-8-7-15(23-24)22-19(26)17-18(27-11-20-17)13-5-3-2-4-6-13/h2-8,10-11H,9H2,1H3,(H,22,23,26). The number of aromatic nitrogens is 4. The number of hydrogen-bond donors (Lipinski definition) is 1. The highest BCUT2D eigenvalue weighted by atomic mass is 32.1. The molecule has 0 unspecified atom stereocenters. The molecule has 0 atom stereocenters. The third-order valence-electron chi connectivity index (χ3n) is 3.91. The molecule has 0 saturated heterocycles. The maximum atomic E-state index is 12.6. The summed E-state index contributed by atoms with van der Waals surface area (Å²) in [4.78, 5) is 32.2. The summed E-state index contributed by atoms with van der Waals surface area (Å²) in [6.07, 6.45) is 2.97. The Labute approximate surface area is 163 Å². The molecule has 4 aromatic rings. The van der Waals surface area contributed by atoms with Crippen molar-refractivity contribution >= 4 is 28.8 Å². The van der Waals surface area contributed by atoms with Crippen LogP contribution in [0.25, 0.3) is 11.3 Å². The summed E-state index contributed by atoms with van der Waals surface area (Å²) < 4.78 is 7.02. The second-order valence-corrected chi connectivity index (χ2v) is 6.87. The van der Waals surface area contributed by atoms with Gasteiger partial charge in [0.1, 0.15) is 10.7 Å². The highest BCUT2D eigenvalue weighted by molar-refractivity contribution is 7.09. The Hall–Kier alpha value is -3.59. The summed E-state index contributed by atoms with van der Waals surface area (Å²) in [5.74, 6) is 0.302. The van der Waals surface area contributed by atoms with E-state index in [1.165, 1.54) is 24.7 Å². The van der Waals surface area contributed by atoms with Crippen molar-refractivity contribution in [2.24, 2.45) is 0 Å². The molecule has 3 heterocycles. The Kier molecular flexibility index (Phi) is 4.81. The Morgan fingerprint density at radius 1 is 1.21 bits per heavy atom. The van der Waals surface area contributed by atoms with Gasteiger partial charge in [-0.3, -0.25) is 14.3 Å². The summed E-state index contributed by atoms with van der Waals surface area (Å²) in [7, 11) is 0. The number of amides is 1. The summed E-state index contributed by atoms with van der Waals surface area (Å²) in [5, 5.41) is 9.52. The topological polar surface area (TPSA) is 103 Å². The number of nitrogens with zero attached hydrogens (tertiary/aromatic N) is 4. The van der Waals surface area contributed by atoms with Crippen molar-refractivity contribution < 1.29 is 14.0 Å². The predicted octanol–water partition coefficient (Wildman–Crippen LogP) is 3.50. The highest BCUT2D eigenvalue weighted by Gasteiger charge is 2.19. The number of anilines is 1. The Bertz CT molecular complexity index is 1130. The van der Waals surface area contributed by atoms with Crippen LogP contribution in [0.2, 0.25) is 0 Å². The Morgan fingerprint density at radius 3 is 2.79 bits per heavy atom.